The van der Waals surface area contributed by atoms with Gasteiger partial charge in [0.25, 0.3) is 5.91 Å². The summed E-state index contributed by atoms with van der Waals surface area (Å²) < 4.78 is 68.2. The van der Waals surface area contributed by atoms with Crippen molar-refractivity contribution >= 4 is 17.8 Å². The molecule has 6 rings (SSSR count). The molecule has 2 bridgehead atoms. The Morgan fingerprint density at radius 1 is 0.814 bits per heavy atom. The summed E-state index contributed by atoms with van der Waals surface area (Å²) in [5, 5.41) is 12.4. The van der Waals surface area contributed by atoms with E-state index in [0.717, 1.165) is 40.5 Å². The molecule has 3 N–H and O–H groups in total. The lowest BCUT2D eigenvalue weighted by molar-refractivity contribution is 0.0857. The number of alkyl carbamates (subject to hydrolysis) is 1. The van der Waals surface area contributed by atoms with E-state index < -0.39 is 59.3 Å². The van der Waals surface area contributed by atoms with Gasteiger partial charge in [0.1, 0.15) is 41.3 Å². The van der Waals surface area contributed by atoms with Crippen molar-refractivity contribution in [3.63, 3.8) is 0 Å². The summed E-state index contributed by atoms with van der Waals surface area (Å²) in [4.78, 5) is 24.5. The van der Waals surface area contributed by atoms with Gasteiger partial charge < -0.3 is 14.8 Å². The Morgan fingerprint density at radius 3 is 2.19 bits per heavy atom. The molecule has 0 saturated carbocycles. The van der Waals surface area contributed by atoms with Gasteiger partial charge in [-0.05, 0) is 77.2 Å². The predicted molar refractivity (Wildman–Crippen MR) is 148 cm³/mol. The number of halogens is 4. The minimum absolute atomic E-state index is 0.0614. The Hall–Kier alpha value is -5.03. The number of hydrogen-bond donors (Lipinski definition) is 3. The molecule has 0 saturated heterocycles. The zero-order valence-corrected chi connectivity index (χ0v) is 22.6. The topological polar surface area (TPSA) is 101 Å². The van der Waals surface area contributed by atoms with Crippen LogP contribution in [0.5, 0.6) is 0 Å². The van der Waals surface area contributed by atoms with Crippen LogP contribution in [0.3, 0.4) is 0 Å². The molecule has 0 fully saturated rings. The van der Waals surface area contributed by atoms with Crippen molar-refractivity contribution in [2.24, 2.45) is 0 Å². The van der Waals surface area contributed by atoms with Gasteiger partial charge in [0.2, 0.25) is 0 Å². The first-order valence-electron chi connectivity index (χ1n) is 13.3. The van der Waals surface area contributed by atoms with Crippen LogP contribution in [0.1, 0.15) is 62.9 Å². The van der Waals surface area contributed by atoms with Crippen LogP contribution < -0.4 is 10.6 Å². The molecule has 0 radical (unpaired) electrons. The molecule has 2 heterocycles. The summed E-state index contributed by atoms with van der Waals surface area (Å²) in [6, 6.07) is 15.6. The number of ether oxygens (including phenoxy) is 2. The zero-order chi connectivity index (χ0) is 30.4. The highest BCUT2D eigenvalue weighted by Crippen LogP contribution is 2.54. The van der Waals surface area contributed by atoms with Gasteiger partial charge in [-0.1, -0.05) is 18.2 Å². The van der Waals surface area contributed by atoms with E-state index in [1.165, 1.54) is 12.1 Å². The van der Waals surface area contributed by atoms with E-state index in [-0.39, 0.29) is 29.4 Å². The first-order valence-corrected chi connectivity index (χ1v) is 13.3. The van der Waals surface area contributed by atoms with E-state index in [4.69, 9.17) is 10.1 Å². The van der Waals surface area contributed by atoms with E-state index >= 15 is 0 Å². The summed E-state index contributed by atoms with van der Waals surface area (Å²) in [5.74, 6) is -4.48. The molecule has 7 nitrogen and oxygen atoms in total. The van der Waals surface area contributed by atoms with Crippen molar-refractivity contribution in [2.45, 2.75) is 25.7 Å². The summed E-state index contributed by atoms with van der Waals surface area (Å²) in [6.45, 7) is 1.16. The Labute approximate surface area is 243 Å². The molecule has 0 aromatic heterocycles. The third-order valence-corrected chi connectivity index (χ3v) is 7.44. The standard InChI is InChI=1S/C32H23F4N3O4/c1-2-42-32(41)39-30(37)17-11-25(34)24(26(35)12-17)14-38-31(40)16-4-7-21-23(10-16)29-22-9-15(3-6-20(22)28(21)43-29)19-8-5-18(33)13-27(19)36/h3-13,28-29H,2,14H2,1H3,(H,38,40)(H2,37,39,41)/t28-,29+/m0/s1. The van der Waals surface area contributed by atoms with E-state index in [0.29, 0.717) is 5.56 Å². The molecule has 2 aliphatic heterocycles. The first kappa shape index (κ1) is 28.1. The zero-order valence-electron chi connectivity index (χ0n) is 22.6. The maximum Gasteiger partial charge on any atom is 0.412 e. The van der Waals surface area contributed by atoms with Crippen molar-refractivity contribution in [3.8, 4) is 11.1 Å². The molecule has 4 aromatic carbocycles. The minimum atomic E-state index is -1.00. The van der Waals surface area contributed by atoms with Crippen molar-refractivity contribution in [3.05, 3.63) is 129 Å². The number of rotatable bonds is 6. The van der Waals surface area contributed by atoms with Crippen LogP contribution >= 0.6 is 0 Å². The fraction of sp³-hybridized carbons (Fsp3) is 0.156. The normalized spacial score (nSPS) is 15.9. The molecule has 2 amide bonds. The highest BCUT2D eigenvalue weighted by Gasteiger charge is 2.43. The van der Waals surface area contributed by atoms with Crippen LogP contribution in [0, 0.1) is 28.7 Å². The Balaban J connectivity index is 1.18. The second kappa shape index (κ2) is 11.0. The van der Waals surface area contributed by atoms with Crippen molar-refractivity contribution in [1.82, 2.24) is 10.6 Å². The van der Waals surface area contributed by atoms with Crippen LogP contribution in [-0.4, -0.2) is 24.4 Å². The average molecular weight is 590 g/mol. The van der Waals surface area contributed by atoms with E-state index in [2.05, 4.69) is 15.4 Å². The predicted octanol–water partition coefficient (Wildman–Crippen LogP) is 6.43. The molecule has 2 aliphatic rings. The van der Waals surface area contributed by atoms with Gasteiger partial charge in [-0.15, -0.1) is 0 Å². The van der Waals surface area contributed by atoms with Crippen LogP contribution in [-0.2, 0) is 16.0 Å². The fourth-order valence-electron chi connectivity index (χ4n) is 5.41. The maximum absolute atomic E-state index is 14.7. The van der Waals surface area contributed by atoms with Gasteiger partial charge in [0.05, 0.1) is 6.61 Å². The largest absolute Gasteiger partial charge is 0.450 e. The van der Waals surface area contributed by atoms with Gasteiger partial charge in [0, 0.05) is 34.9 Å². The molecular weight excluding hydrogens is 566 g/mol. The third kappa shape index (κ3) is 5.12. The van der Waals surface area contributed by atoms with Crippen LogP contribution in [0.4, 0.5) is 22.4 Å². The van der Waals surface area contributed by atoms with Crippen molar-refractivity contribution < 1.29 is 36.6 Å². The smallest absolute Gasteiger partial charge is 0.412 e. The Kier molecular flexibility index (Phi) is 7.18. The monoisotopic (exact) mass is 589 g/mol. The lowest BCUT2D eigenvalue weighted by Crippen LogP contribution is -2.31. The lowest BCUT2D eigenvalue weighted by Gasteiger charge is -2.18. The molecule has 2 atom stereocenters. The SMILES string of the molecule is CCOC(=O)NC(=N)c1cc(F)c(CNC(=O)c2ccc3c(c2)[C@@H]2O[C@H]3c3ccc(-c4ccc(F)cc4F)cc32)c(F)c1. The number of amidine groups is 1. The number of nitrogens with one attached hydrogen (secondary N) is 3. The molecule has 43 heavy (non-hydrogen) atoms. The minimum Gasteiger partial charge on any atom is -0.450 e. The molecule has 218 valence electrons. The second-order valence-corrected chi connectivity index (χ2v) is 10.0. The van der Waals surface area contributed by atoms with Gasteiger partial charge in [-0.25, -0.2) is 22.4 Å². The van der Waals surface area contributed by atoms with Crippen LogP contribution in [0.2, 0.25) is 0 Å². The third-order valence-electron chi connectivity index (χ3n) is 7.44. The number of carbonyl (C=O) groups excluding carboxylic acids is 2. The molecule has 0 unspecified atom stereocenters. The average Bonchev–Trinajstić information content (AvgIpc) is 3.53. The second-order valence-electron chi connectivity index (χ2n) is 10.0. The first-order chi connectivity index (χ1) is 20.6. The molecular formula is C32H23F4N3O4. The summed E-state index contributed by atoms with van der Waals surface area (Å²) in [6.07, 6.45) is -1.80. The Bertz CT molecular complexity index is 1800. The molecule has 11 heteroatoms. The summed E-state index contributed by atoms with van der Waals surface area (Å²) >= 11 is 0. The maximum atomic E-state index is 14.7. The van der Waals surface area contributed by atoms with Crippen LogP contribution in [0.15, 0.2) is 66.7 Å². The highest BCUT2D eigenvalue weighted by atomic mass is 19.1. The molecule has 0 aliphatic carbocycles. The number of hydrogen-bond acceptors (Lipinski definition) is 5. The number of fused-ring (bicyclic) bond motifs is 8. The van der Waals surface area contributed by atoms with Gasteiger partial charge in [-0.2, -0.15) is 0 Å². The fourth-order valence-corrected chi connectivity index (χ4v) is 5.41. The van der Waals surface area contributed by atoms with E-state index in [1.54, 1.807) is 37.3 Å². The summed E-state index contributed by atoms with van der Waals surface area (Å²) in [5.41, 5.74) is 3.78. The molecule has 4 aromatic rings. The van der Waals surface area contributed by atoms with Crippen molar-refractivity contribution in [2.75, 3.05) is 6.61 Å². The number of carbonyl (C=O) groups is 2. The number of amides is 2. The molecule has 0 spiro atoms. The highest BCUT2D eigenvalue weighted by molar-refractivity contribution is 6.04. The van der Waals surface area contributed by atoms with Gasteiger partial charge in [0.15, 0.2) is 0 Å². The Morgan fingerprint density at radius 2 is 1.49 bits per heavy atom. The van der Waals surface area contributed by atoms with E-state index in [1.807, 2.05) is 6.07 Å². The quantitative estimate of drug-likeness (QED) is 0.137. The van der Waals surface area contributed by atoms with Crippen molar-refractivity contribution in [1.29, 1.82) is 5.41 Å². The lowest BCUT2D eigenvalue weighted by atomic mass is 9.83. The number of benzene rings is 4. The summed E-state index contributed by atoms with van der Waals surface area (Å²) in [7, 11) is 0. The van der Waals surface area contributed by atoms with Crippen LogP contribution in [0.25, 0.3) is 11.1 Å². The van der Waals surface area contributed by atoms with E-state index in [9.17, 15) is 27.2 Å². The van der Waals surface area contributed by atoms with Gasteiger partial charge in [-0.3, -0.25) is 15.5 Å². The van der Waals surface area contributed by atoms with Gasteiger partial charge >= 0.3 is 6.09 Å².